The summed E-state index contributed by atoms with van der Waals surface area (Å²) >= 11 is 0. The molecule has 0 aromatic heterocycles. The highest BCUT2D eigenvalue weighted by molar-refractivity contribution is 14.0. The van der Waals surface area contributed by atoms with Crippen molar-refractivity contribution in [3.8, 4) is 0 Å². The third-order valence-corrected chi connectivity index (χ3v) is 4.23. The molecule has 0 rings (SSSR count). The van der Waals surface area contributed by atoms with Crippen molar-refractivity contribution in [2.75, 3.05) is 46.2 Å². The van der Waals surface area contributed by atoms with Crippen LogP contribution in [-0.4, -0.2) is 64.8 Å². The number of rotatable bonds is 9. The number of halogens is 1. The van der Waals surface area contributed by atoms with E-state index in [4.69, 9.17) is 10.5 Å². The number of hydrogen-bond acceptors (Lipinski definition) is 4. The van der Waals surface area contributed by atoms with E-state index in [9.17, 15) is 8.42 Å². The molecule has 0 aliphatic rings. The first-order chi connectivity index (χ1) is 8.44. The third-order valence-electron chi connectivity index (χ3n) is 2.37. The van der Waals surface area contributed by atoms with Gasteiger partial charge in [0.05, 0.1) is 12.4 Å². The van der Waals surface area contributed by atoms with Crippen LogP contribution in [0.1, 0.15) is 13.3 Å². The highest BCUT2D eigenvalue weighted by atomic mass is 127. The summed E-state index contributed by atoms with van der Waals surface area (Å²) in [7, 11) is 0.0873. The monoisotopic (exact) mass is 408 g/mol. The number of nitrogens with one attached hydrogen (secondary N) is 1. The Kier molecular flexibility index (Phi) is 13.0. The lowest BCUT2D eigenvalue weighted by Crippen LogP contribution is -2.34. The standard InChI is InChI=1S/C10H24N4O3S.HI/c1-4-18(15,16)14(2)8-5-6-12-10(11)13-7-9-17-3;/h4-9H2,1-3H3,(H3,11,12,13);1H. The number of nitrogens with two attached hydrogens (primary N) is 1. The number of nitrogens with zero attached hydrogens (tertiary/aromatic N) is 2. The summed E-state index contributed by atoms with van der Waals surface area (Å²) in [6, 6.07) is 0. The fourth-order valence-electron chi connectivity index (χ4n) is 1.19. The van der Waals surface area contributed by atoms with E-state index < -0.39 is 10.0 Å². The number of sulfonamides is 1. The molecule has 0 unspecified atom stereocenters. The van der Waals surface area contributed by atoms with Crippen molar-refractivity contribution in [2.45, 2.75) is 13.3 Å². The lowest BCUT2D eigenvalue weighted by atomic mass is 10.4. The molecule has 0 bridgehead atoms. The van der Waals surface area contributed by atoms with Gasteiger partial charge in [-0.2, -0.15) is 0 Å². The second-order valence-electron chi connectivity index (χ2n) is 3.76. The van der Waals surface area contributed by atoms with Crippen molar-refractivity contribution in [3.63, 3.8) is 0 Å². The minimum absolute atomic E-state index is 0. The summed E-state index contributed by atoms with van der Waals surface area (Å²) in [5.41, 5.74) is 5.59. The normalized spacial score (nSPS) is 12.3. The molecule has 0 spiro atoms. The zero-order chi connectivity index (χ0) is 14.0. The molecule has 0 aliphatic carbocycles. The zero-order valence-electron chi connectivity index (χ0n) is 11.8. The maximum Gasteiger partial charge on any atom is 0.213 e. The number of guanidine groups is 1. The van der Waals surface area contributed by atoms with Gasteiger partial charge in [-0.05, 0) is 13.3 Å². The van der Waals surface area contributed by atoms with Crippen LogP contribution in [0.4, 0.5) is 0 Å². The van der Waals surface area contributed by atoms with E-state index >= 15 is 0 Å². The zero-order valence-corrected chi connectivity index (χ0v) is 14.9. The highest BCUT2D eigenvalue weighted by Crippen LogP contribution is 1.98. The quantitative estimate of drug-likeness (QED) is 0.239. The van der Waals surface area contributed by atoms with Gasteiger partial charge in [-0.15, -0.1) is 24.0 Å². The van der Waals surface area contributed by atoms with Crippen LogP contribution in [0.5, 0.6) is 0 Å². The van der Waals surface area contributed by atoms with Crippen LogP contribution in [0.25, 0.3) is 0 Å². The predicted octanol–water partition coefficient (Wildman–Crippen LogP) is -0.173. The van der Waals surface area contributed by atoms with Gasteiger partial charge in [0.15, 0.2) is 5.96 Å². The Morgan fingerprint density at radius 2 is 2.11 bits per heavy atom. The number of methoxy groups -OCH3 is 1. The first kappa shape index (κ1) is 21.2. The van der Waals surface area contributed by atoms with E-state index in [0.717, 1.165) is 0 Å². The molecule has 0 saturated carbocycles. The molecule has 0 heterocycles. The Morgan fingerprint density at radius 1 is 1.47 bits per heavy atom. The fraction of sp³-hybridized carbons (Fsp3) is 0.900. The van der Waals surface area contributed by atoms with Crippen molar-refractivity contribution in [1.29, 1.82) is 0 Å². The van der Waals surface area contributed by atoms with E-state index in [1.54, 1.807) is 21.1 Å². The van der Waals surface area contributed by atoms with Crippen LogP contribution < -0.4 is 11.1 Å². The first-order valence-corrected chi connectivity index (χ1v) is 7.51. The van der Waals surface area contributed by atoms with Gasteiger partial charge >= 0.3 is 0 Å². The van der Waals surface area contributed by atoms with E-state index in [2.05, 4.69) is 10.3 Å². The molecule has 7 nitrogen and oxygen atoms in total. The van der Waals surface area contributed by atoms with Gasteiger partial charge in [-0.25, -0.2) is 12.7 Å². The van der Waals surface area contributed by atoms with Gasteiger partial charge < -0.3 is 15.8 Å². The molecule has 3 N–H and O–H groups in total. The molecular weight excluding hydrogens is 383 g/mol. The maximum absolute atomic E-state index is 11.4. The summed E-state index contributed by atoms with van der Waals surface area (Å²) < 4.78 is 29.1. The SMILES string of the molecule is CCS(=O)(=O)N(C)CCCN=C(N)NCCOC.I. The lowest BCUT2D eigenvalue weighted by Gasteiger charge is -2.14. The second-order valence-corrected chi connectivity index (χ2v) is 6.13. The lowest BCUT2D eigenvalue weighted by molar-refractivity contribution is 0.204. The Bertz CT molecular complexity index is 349. The van der Waals surface area contributed by atoms with Crippen LogP contribution in [0.15, 0.2) is 4.99 Å². The smallest absolute Gasteiger partial charge is 0.213 e. The summed E-state index contributed by atoms with van der Waals surface area (Å²) in [6.07, 6.45) is 0.641. The molecule has 0 amide bonds. The van der Waals surface area contributed by atoms with Crippen molar-refractivity contribution in [1.82, 2.24) is 9.62 Å². The van der Waals surface area contributed by atoms with Crippen LogP contribution in [0.2, 0.25) is 0 Å². The van der Waals surface area contributed by atoms with Crippen LogP contribution in [-0.2, 0) is 14.8 Å². The van der Waals surface area contributed by atoms with Gasteiger partial charge in [0.25, 0.3) is 0 Å². The molecule has 0 aromatic carbocycles. The Balaban J connectivity index is 0. The van der Waals surface area contributed by atoms with Gasteiger partial charge in [0, 0.05) is 33.8 Å². The average Bonchev–Trinajstić information content (AvgIpc) is 2.34. The summed E-state index contributed by atoms with van der Waals surface area (Å²) in [4.78, 5) is 4.08. The number of ether oxygens (including phenoxy) is 1. The molecule has 19 heavy (non-hydrogen) atoms. The second kappa shape index (κ2) is 11.7. The Morgan fingerprint density at radius 3 is 2.63 bits per heavy atom. The van der Waals surface area contributed by atoms with Gasteiger partial charge in [-0.3, -0.25) is 4.99 Å². The minimum Gasteiger partial charge on any atom is -0.383 e. The summed E-state index contributed by atoms with van der Waals surface area (Å²) in [5, 5.41) is 2.88. The van der Waals surface area contributed by atoms with Crippen molar-refractivity contribution in [3.05, 3.63) is 0 Å². The largest absolute Gasteiger partial charge is 0.383 e. The van der Waals surface area contributed by atoms with E-state index in [0.29, 0.717) is 38.6 Å². The van der Waals surface area contributed by atoms with Gasteiger partial charge in [0.2, 0.25) is 10.0 Å². The van der Waals surface area contributed by atoms with Crippen molar-refractivity contribution in [2.24, 2.45) is 10.7 Å². The average molecular weight is 408 g/mol. The highest BCUT2D eigenvalue weighted by Gasteiger charge is 2.13. The maximum atomic E-state index is 11.4. The molecule has 0 atom stereocenters. The number of aliphatic imine (C=N–C) groups is 1. The Labute approximate surface area is 133 Å². The van der Waals surface area contributed by atoms with Gasteiger partial charge in [0.1, 0.15) is 0 Å². The van der Waals surface area contributed by atoms with Crippen LogP contribution >= 0.6 is 24.0 Å². The van der Waals surface area contributed by atoms with E-state index in [1.165, 1.54) is 4.31 Å². The van der Waals surface area contributed by atoms with Crippen LogP contribution in [0, 0.1) is 0 Å². The molecule has 0 saturated heterocycles. The van der Waals surface area contributed by atoms with Crippen LogP contribution in [0.3, 0.4) is 0 Å². The van der Waals surface area contributed by atoms with Crippen molar-refractivity contribution >= 4 is 40.0 Å². The molecule has 116 valence electrons. The number of hydrogen-bond donors (Lipinski definition) is 2. The molecule has 9 heteroatoms. The molecule has 0 fully saturated rings. The van der Waals surface area contributed by atoms with E-state index in [-0.39, 0.29) is 29.7 Å². The van der Waals surface area contributed by atoms with E-state index in [1.807, 2.05) is 0 Å². The Hall–Kier alpha value is -0.130. The fourth-order valence-corrected chi connectivity index (χ4v) is 2.04. The van der Waals surface area contributed by atoms with Gasteiger partial charge in [-0.1, -0.05) is 0 Å². The first-order valence-electron chi connectivity index (χ1n) is 5.90. The predicted molar refractivity (Wildman–Crippen MR) is 88.5 cm³/mol. The molecule has 0 radical (unpaired) electrons. The molecular formula is C10H25IN4O3S. The summed E-state index contributed by atoms with van der Waals surface area (Å²) in [5.74, 6) is 0.473. The molecule has 0 aliphatic heterocycles. The third kappa shape index (κ3) is 10.3. The topological polar surface area (TPSA) is 97.0 Å². The summed E-state index contributed by atoms with van der Waals surface area (Å²) in [6.45, 7) is 3.74. The minimum atomic E-state index is -3.10. The van der Waals surface area contributed by atoms with Crippen molar-refractivity contribution < 1.29 is 13.2 Å². The molecule has 0 aromatic rings.